The number of hydrogen-bond acceptors (Lipinski definition) is 6. The number of thioether (sulfide) groups is 1. The third kappa shape index (κ3) is 6.25. The normalized spacial score (nSPS) is 15.5. The van der Waals surface area contributed by atoms with Crippen molar-refractivity contribution in [2.75, 3.05) is 23.0 Å². The van der Waals surface area contributed by atoms with E-state index in [4.69, 9.17) is 16.3 Å². The Kier molecular flexibility index (Phi) is 7.85. The molecule has 2 heterocycles. The minimum absolute atomic E-state index is 0.0906. The van der Waals surface area contributed by atoms with Gasteiger partial charge in [-0.05, 0) is 61.7 Å². The maximum atomic E-state index is 13.2. The summed E-state index contributed by atoms with van der Waals surface area (Å²) in [5.41, 5.74) is 2.31. The van der Waals surface area contributed by atoms with Gasteiger partial charge >= 0.3 is 0 Å². The Balaban J connectivity index is 1.42. The van der Waals surface area contributed by atoms with E-state index >= 15 is 0 Å². The first-order chi connectivity index (χ1) is 16.0. The highest BCUT2D eigenvalue weighted by atomic mass is 35.5. The van der Waals surface area contributed by atoms with Crippen LogP contribution >= 0.6 is 23.4 Å². The molecule has 1 unspecified atom stereocenters. The van der Waals surface area contributed by atoms with Gasteiger partial charge in [0.15, 0.2) is 11.0 Å². The molecule has 2 aromatic carbocycles. The predicted molar refractivity (Wildman–Crippen MR) is 128 cm³/mol. The Hall–Kier alpha value is -2.62. The minimum Gasteiger partial charge on any atom is -0.378 e. The fourth-order valence-corrected chi connectivity index (χ4v) is 4.48. The van der Waals surface area contributed by atoms with Crippen molar-refractivity contribution in [3.05, 3.63) is 64.7 Å². The number of amides is 1. The molecule has 1 aliphatic heterocycles. The van der Waals surface area contributed by atoms with E-state index in [2.05, 4.69) is 20.8 Å². The average molecular weight is 490 g/mol. The van der Waals surface area contributed by atoms with Crippen molar-refractivity contribution in [2.45, 2.75) is 44.1 Å². The highest BCUT2D eigenvalue weighted by Gasteiger charge is 2.21. The smallest absolute Gasteiger partial charge is 0.234 e. The number of nitrogens with one attached hydrogen (secondary N) is 2. The summed E-state index contributed by atoms with van der Waals surface area (Å²) in [6.07, 6.45) is 2.09. The Morgan fingerprint density at radius 3 is 2.85 bits per heavy atom. The summed E-state index contributed by atoms with van der Waals surface area (Å²) in [6, 6.07) is 11.6. The molecule has 0 spiro atoms. The van der Waals surface area contributed by atoms with Gasteiger partial charge in [-0.3, -0.25) is 4.79 Å². The van der Waals surface area contributed by atoms with Crippen LogP contribution in [0.15, 0.2) is 47.6 Å². The van der Waals surface area contributed by atoms with Crippen molar-refractivity contribution < 1.29 is 13.9 Å². The lowest BCUT2D eigenvalue weighted by atomic mass is 10.2. The fourth-order valence-electron chi connectivity index (χ4n) is 3.54. The van der Waals surface area contributed by atoms with Gasteiger partial charge in [-0.2, -0.15) is 0 Å². The van der Waals surface area contributed by atoms with Gasteiger partial charge in [0.2, 0.25) is 5.91 Å². The molecule has 3 aromatic rings. The number of ether oxygens (including phenoxy) is 1. The zero-order chi connectivity index (χ0) is 23.2. The van der Waals surface area contributed by atoms with Gasteiger partial charge in [-0.1, -0.05) is 29.4 Å². The molecule has 1 saturated heterocycles. The van der Waals surface area contributed by atoms with E-state index < -0.39 is 0 Å². The molecule has 10 heteroatoms. The van der Waals surface area contributed by atoms with E-state index in [0.717, 1.165) is 36.5 Å². The predicted octanol–water partition coefficient (Wildman–Crippen LogP) is 4.90. The quantitative estimate of drug-likeness (QED) is 0.416. The van der Waals surface area contributed by atoms with Gasteiger partial charge in [0.05, 0.1) is 24.9 Å². The van der Waals surface area contributed by atoms with Crippen LogP contribution in [0.3, 0.4) is 0 Å². The number of carbonyl (C=O) groups excluding carboxylic acids is 1. The van der Waals surface area contributed by atoms with Crippen LogP contribution in [0, 0.1) is 12.7 Å². The Labute approximate surface area is 201 Å². The second kappa shape index (κ2) is 11.0. The van der Waals surface area contributed by atoms with E-state index in [0.29, 0.717) is 29.0 Å². The largest absolute Gasteiger partial charge is 0.378 e. The maximum Gasteiger partial charge on any atom is 0.234 e. The van der Waals surface area contributed by atoms with Gasteiger partial charge in [0.1, 0.15) is 5.82 Å². The number of benzene rings is 2. The first kappa shape index (κ1) is 23.5. The molecule has 7 nitrogen and oxygen atoms in total. The highest BCUT2D eigenvalue weighted by Crippen LogP contribution is 2.25. The Bertz CT molecular complexity index is 1100. The van der Waals surface area contributed by atoms with Crippen molar-refractivity contribution in [1.82, 2.24) is 14.8 Å². The molecule has 4 rings (SSSR count). The van der Waals surface area contributed by atoms with E-state index in [1.165, 1.54) is 23.9 Å². The second-order valence-electron chi connectivity index (χ2n) is 7.75. The van der Waals surface area contributed by atoms with E-state index in [9.17, 15) is 9.18 Å². The number of nitrogens with zero attached hydrogens (tertiary/aromatic N) is 3. The molecular formula is C23H25ClFN5O2S. The summed E-state index contributed by atoms with van der Waals surface area (Å²) in [5.74, 6) is 0.472. The van der Waals surface area contributed by atoms with Crippen molar-refractivity contribution in [3.63, 3.8) is 0 Å². The first-order valence-electron chi connectivity index (χ1n) is 10.7. The van der Waals surface area contributed by atoms with Gasteiger partial charge in [0, 0.05) is 23.0 Å². The number of rotatable bonds is 9. The van der Waals surface area contributed by atoms with Gasteiger partial charge < -0.3 is 19.9 Å². The van der Waals surface area contributed by atoms with Crippen LogP contribution in [0.5, 0.6) is 0 Å². The fraction of sp³-hybridized carbons (Fsp3) is 0.348. The van der Waals surface area contributed by atoms with Gasteiger partial charge in [-0.25, -0.2) is 4.39 Å². The lowest BCUT2D eigenvalue weighted by Gasteiger charge is -2.15. The van der Waals surface area contributed by atoms with Crippen molar-refractivity contribution in [2.24, 2.45) is 0 Å². The topological polar surface area (TPSA) is 81.1 Å². The molecule has 1 aromatic heterocycles. The van der Waals surface area contributed by atoms with Crippen molar-refractivity contribution in [1.29, 1.82) is 0 Å². The van der Waals surface area contributed by atoms with E-state index in [-0.39, 0.29) is 23.6 Å². The number of halogens is 2. The lowest BCUT2D eigenvalue weighted by Crippen LogP contribution is -2.20. The zero-order valence-electron chi connectivity index (χ0n) is 18.2. The lowest BCUT2D eigenvalue weighted by molar-refractivity contribution is -0.113. The molecule has 1 amide bonds. The van der Waals surface area contributed by atoms with E-state index in [1.54, 1.807) is 24.3 Å². The summed E-state index contributed by atoms with van der Waals surface area (Å²) in [7, 11) is 0. The third-order valence-corrected chi connectivity index (χ3v) is 6.75. The molecular weight excluding hydrogens is 465 g/mol. The summed E-state index contributed by atoms with van der Waals surface area (Å²) in [6.45, 7) is 3.65. The molecule has 0 radical (unpaired) electrons. The first-order valence-corrected chi connectivity index (χ1v) is 12.1. The Morgan fingerprint density at radius 2 is 2.09 bits per heavy atom. The van der Waals surface area contributed by atoms with Gasteiger partial charge in [-0.15, -0.1) is 10.2 Å². The van der Waals surface area contributed by atoms with Crippen LogP contribution in [0.2, 0.25) is 5.02 Å². The van der Waals surface area contributed by atoms with E-state index in [1.807, 2.05) is 17.6 Å². The van der Waals surface area contributed by atoms with Crippen LogP contribution in [0.1, 0.15) is 24.2 Å². The maximum absolute atomic E-state index is 13.2. The number of carbonyl (C=O) groups is 1. The van der Waals surface area contributed by atoms with Crippen molar-refractivity contribution >= 4 is 40.6 Å². The van der Waals surface area contributed by atoms with Crippen LogP contribution in [-0.2, 0) is 22.6 Å². The zero-order valence-corrected chi connectivity index (χ0v) is 19.8. The molecule has 2 N–H and O–H groups in total. The molecule has 174 valence electrons. The van der Waals surface area contributed by atoms with Crippen LogP contribution < -0.4 is 10.6 Å². The number of anilines is 2. The molecule has 0 aliphatic carbocycles. The SMILES string of the molecule is Cc1c(Cl)cccc1NC(=O)CSc1nnc(CNc2ccc(F)cc2)n1CC1CCCO1. The molecule has 0 bridgehead atoms. The third-order valence-electron chi connectivity index (χ3n) is 5.37. The minimum atomic E-state index is -0.285. The molecule has 1 aliphatic rings. The number of hydrogen-bond donors (Lipinski definition) is 2. The number of aromatic nitrogens is 3. The van der Waals surface area contributed by atoms with Crippen molar-refractivity contribution in [3.8, 4) is 0 Å². The molecule has 1 atom stereocenters. The molecule has 33 heavy (non-hydrogen) atoms. The summed E-state index contributed by atoms with van der Waals surface area (Å²) < 4.78 is 21.0. The average Bonchev–Trinajstić information content (AvgIpc) is 3.46. The summed E-state index contributed by atoms with van der Waals surface area (Å²) in [5, 5.41) is 16.0. The monoisotopic (exact) mass is 489 g/mol. The van der Waals surface area contributed by atoms with Crippen LogP contribution in [-0.4, -0.2) is 39.1 Å². The molecule has 1 fully saturated rings. The highest BCUT2D eigenvalue weighted by molar-refractivity contribution is 7.99. The summed E-state index contributed by atoms with van der Waals surface area (Å²) in [4.78, 5) is 12.6. The molecule has 0 saturated carbocycles. The van der Waals surface area contributed by atoms with Gasteiger partial charge in [0.25, 0.3) is 0 Å². The van der Waals surface area contributed by atoms with Crippen LogP contribution in [0.25, 0.3) is 0 Å². The standard InChI is InChI=1S/C23H25ClFN5O2S/c1-15-19(24)5-2-6-20(15)27-22(31)14-33-23-29-28-21(30(23)13-18-4-3-11-32-18)12-26-17-9-7-16(25)8-10-17/h2,5-10,18,26H,3-4,11-14H2,1H3,(H,27,31). The Morgan fingerprint density at radius 1 is 1.27 bits per heavy atom. The second-order valence-corrected chi connectivity index (χ2v) is 9.10. The van der Waals surface area contributed by atoms with Crippen LogP contribution in [0.4, 0.5) is 15.8 Å². The summed E-state index contributed by atoms with van der Waals surface area (Å²) >= 11 is 7.47.